The Balaban J connectivity index is 2.51. The average molecular weight is 240 g/mol. The second-order valence-corrected chi connectivity index (χ2v) is 5.29. The summed E-state index contributed by atoms with van der Waals surface area (Å²) < 4.78 is 2.58. The molecule has 0 saturated heterocycles. The topological polar surface area (TPSA) is 17.1 Å². The lowest BCUT2D eigenvalue weighted by atomic mass is 10.0. The van der Waals surface area contributed by atoms with E-state index in [4.69, 9.17) is 0 Å². The molecule has 0 aliphatic carbocycles. The predicted molar refractivity (Wildman–Crippen MR) is 73.8 cm³/mol. The number of rotatable bonds is 2. The number of aryl methyl sites for hydroxylation is 1. The van der Waals surface area contributed by atoms with Gasteiger partial charge in [-0.1, -0.05) is 24.3 Å². The normalized spacial score (nSPS) is 11.1. The molecule has 1 nitrogen and oxygen atoms in total. The van der Waals surface area contributed by atoms with E-state index in [-0.39, 0.29) is 0 Å². The molecule has 0 atom stereocenters. The van der Waals surface area contributed by atoms with Crippen LogP contribution >= 0.6 is 11.3 Å². The van der Waals surface area contributed by atoms with Crippen molar-refractivity contribution in [2.45, 2.75) is 13.3 Å². The van der Waals surface area contributed by atoms with Crippen molar-refractivity contribution in [2.24, 2.45) is 0 Å². The molecule has 0 saturated carbocycles. The lowest BCUT2D eigenvalue weighted by molar-refractivity contribution is -0.107. The molecule has 0 unspecified atom stereocenters. The molecule has 1 heterocycles. The van der Waals surface area contributed by atoms with Gasteiger partial charge in [0, 0.05) is 26.6 Å². The van der Waals surface area contributed by atoms with E-state index in [1.807, 2.05) is 6.07 Å². The number of aldehydes is 1. The van der Waals surface area contributed by atoms with Crippen molar-refractivity contribution in [3.63, 3.8) is 0 Å². The van der Waals surface area contributed by atoms with Crippen LogP contribution in [0.3, 0.4) is 0 Å². The number of thiophene rings is 1. The maximum Gasteiger partial charge on any atom is 0.124 e. The standard InChI is InChI=1S/C15H12OS/c1-10-4-2-6-12-14(10)15-11(8-9-16)5-3-7-13(15)17-12/h2-7,9H,8H2,1H3. The number of carbonyl (C=O) groups excluding carboxylic acids is 1. The minimum atomic E-state index is 0.498. The van der Waals surface area contributed by atoms with Crippen molar-refractivity contribution < 1.29 is 4.79 Å². The third-order valence-electron chi connectivity index (χ3n) is 3.12. The van der Waals surface area contributed by atoms with Crippen LogP contribution in [0.25, 0.3) is 20.2 Å². The van der Waals surface area contributed by atoms with E-state index in [2.05, 4.69) is 37.3 Å². The Hall–Kier alpha value is -1.67. The molecule has 0 spiro atoms. The van der Waals surface area contributed by atoms with Gasteiger partial charge in [-0.3, -0.25) is 0 Å². The van der Waals surface area contributed by atoms with Crippen LogP contribution in [0.4, 0.5) is 0 Å². The summed E-state index contributed by atoms with van der Waals surface area (Å²) in [6.45, 7) is 2.13. The van der Waals surface area contributed by atoms with Crippen LogP contribution in [0.5, 0.6) is 0 Å². The summed E-state index contributed by atoms with van der Waals surface area (Å²) in [6.07, 6.45) is 1.48. The first-order chi connectivity index (χ1) is 8.31. The van der Waals surface area contributed by atoms with E-state index in [0.29, 0.717) is 6.42 Å². The zero-order chi connectivity index (χ0) is 11.8. The van der Waals surface area contributed by atoms with Gasteiger partial charge in [-0.25, -0.2) is 0 Å². The van der Waals surface area contributed by atoms with Gasteiger partial charge in [-0.15, -0.1) is 11.3 Å². The molecule has 0 bridgehead atoms. The van der Waals surface area contributed by atoms with Gasteiger partial charge in [0.05, 0.1) is 0 Å². The molecule has 2 aromatic carbocycles. The van der Waals surface area contributed by atoms with Crippen molar-refractivity contribution in [2.75, 3.05) is 0 Å². The summed E-state index contributed by atoms with van der Waals surface area (Å²) in [7, 11) is 0. The Morgan fingerprint density at radius 2 is 1.76 bits per heavy atom. The van der Waals surface area contributed by atoms with E-state index >= 15 is 0 Å². The molecular formula is C15H12OS. The minimum absolute atomic E-state index is 0.498. The Morgan fingerprint density at radius 1 is 1.06 bits per heavy atom. The largest absolute Gasteiger partial charge is 0.303 e. The van der Waals surface area contributed by atoms with Gasteiger partial charge in [0.25, 0.3) is 0 Å². The molecule has 0 aliphatic heterocycles. The van der Waals surface area contributed by atoms with Gasteiger partial charge >= 0.3 is 0 Å². The molecule has 0 aliphatic rings. The van der Waals surface area contributed by atoms with Crippen LogP contribution in [-0.2, 0) is 11.2 Å². The minimum Gasteiger partial charge on any atom is -0.303 e. The fourth-order valence-electron chi connectivity index (χ4n) is 2.37. The highest BCUT2D eigenvalue weighted by Crippen LogP contribution is 2.37. The van der Waals surface area contributed by atoms with Crippen LogP contribution in [0.1, 0.15) is 11.1 Å². The van der Waals surface area contributed by atoms with Crippen molar-refractivity contribution in [3.05, 3.63) is 47.5 Å². The fourth-order valence-corrected chi connectivity index (χ4v) is 3.60. The van der Waals surface area contributed by atoms with Gasteiger partial charge in [0.2, 0.25) is 0 Å². The zero-order valence-corrected chi connectivity index (χ0v) is 10.4. The van der Waals surface area contributed by atoms with Gasteiger partial charge in [0.15, 0.2) is 0 Å². The molecule has 84 valence electrons. The Morgan fingerprint density at radius 3 is 2.53 bits per heavy atom. The maximum atomic E-state index is 10.8. The van der Waals surface area contributed by atoms with E-state index < -0.39 is 0 Å². The molecule has 17 heavy (non-hydrogen) atoms. The molecule has 0 amide bonds. The van der Waals surface area contributed by atoms with Crippen LogP contribution in [-0.4, -0.2) is 6.29 Å². The number of hydrogen-bond acceptors (Lipinski definition) is 2. The van der Waals surface area contributed by atoms with E-state index in [9.17, 15) is 4.79 Å². The smallest absolute Gasteiger partial charge is 0.124 e. The average Bonchev–Trinajstić information content (AvgIpc) is 2.70. The van der Waals surface area contributed by atoms with E-state index in [1.54, 1.807) is 11.3 Å². The van der Waals surface area contributed by atoms with Crippen LogP contribution < -0.4 is 0 Å². The SMILES string of the molecule is Cc1cccc2sc3cccc(CC=O)c3c12. The van der Waals surface area contributed by atoms with Crippen LogP contribution in [0.15, 0.2) is 36.4 Å². The van der Waals surface area contributed by atoms with Crippen LogP contribution in [0.2, 0.25) is 0 Å². The highest BCUT2D eigenvalue weighted by Gasteiger charge is 2.10. The summed E-state index contributed by atoms with van der Waals surface area (Å²) in [4.78, 5) is 10.8. The summed E-state index contributed by atoms with van der Waals surface area (Å²) in [5, 5.41) is 2.57. The zero-order valence-electron chi connectivity index (χ0n) is 9.57. The van der Waals surface area contributed by atoms with Crippen molar-refractivity contribution >= 4 is 37.8 Å². The molecule has 3 rings (SSSR count). The molecule has 0 radical (unpaired) electrons. The molecular weight excluding hydrogens is 228 g/mol. The summed E-state index contributed by atoms with van der Waals surface area (Å²) in [5.41, 5.74) is 2.42. The lowest BCUT2D eigenvalue weighted by Gasteiger charge is -2.01. The molecule has 2 heteroatoms. The molecule has 0 N–H and O–H groups in total. The van der Waals surface area contributed by atoms with Gasteiger partial charge in [0.1, 0.15) is 6.29 Å². The number of fused-ring (bicyclic) bond motifs is 3. The monoisotopic (exact) mass is 240 g/mol. The fraction of sp³-hybridized carbons (Fsp3) is 0.133. The highest BCUT2D eigenvalue weighted by atomic mass is 32.1. The Labute approximate surface area is 104 Å². The number of hydrogen-bond donors (Lipinski definition) is 0. The first-order valence-electron chi connectivity index (χ1n) is 5.64. The van der Waals surface area contributed by atoms with Crippen molar-refractivity contribution in [1.82, 2.24) is 0 Å². The van der Waals surface area contributed by atoms with E-state index in [0.717, 1.165) is 11.8 Å². The van der Waals surface area contributed by atoms with Crippen molar-refractivity contribution in [3.8, 4) is 0 Å². The summed E-state index contributed by atoms with van der Waals surface area (Å²) >= 11 is 1.80. The number of benzene rings is 2. The van der Waals surface area contributed by atoms with Gasteiger partial charge < -0.3 is 4.79 Å². The first-order valence-corrected chi connectivity index (χ1v) is 6.46. The van der Waals surface area contributed by atoms with Gasteiger partial charge in [-0.2, -0.15) is 0 Å². The van der Waals surface area contributed by atoms with Crippen molar-refractivity contribution in [1.29, 1.82) is 0 Å². The Kier molecular flexibility index (Phi) is 2.45. The maximum absolute atomic E-state index is 10.8. The second-order valence-electron chi connectivity index (χ2n) is 4.21. The third-order valence-corrected chi connectivity index (χ3v) is 4.24. The third kappa shape index (κ3) is 1.56. The quantitative estimate of drug-likeness (QED) is 0.616. The lowest BCUT2D eigenvalue weighted by Crippen LogP contribution is -1.86. The number of carbonyl (C=O) groups is 1. The summed E-state index contributed by atoms with van der Waals surface area (Å²) in [6, 6.07) is 12.6. The molecule has 1 aromatic heterocycles. The Bertz CT molecular complexity index is 709. The molecule has 3 aromatic rings. The van der Waals surface area contributed by atoms with Crippen LogP contribution in [0, 0.1) is 6.92 Å². The highest BCUT2D eigenvalue weighted by molar-refractivity contribution is 7.25. The van der Waals surface area contributed by atoms with Gasteiger partial charge in [-0.05, 0) is 30.2 Å². The summed E-state index contributed by atoms with van der Waals surface area (Å²) in [5.74, 6) is 0. The first kappa shape index (κ1) is 10.5. The predicted octanol–water partition coefficient (Wildman–Crippen LogP) is 4.10. The molecule has 0 fully saturated rings. The second kappa shape index (κ2) is 3.97. The van der Waals surface area contributed by atoms with E-state index in [1.165, 1.54) is 25.7 Å².